The van der Waals surface area contributed by atoms with E-state index in [0.717, 1.165) is 18.0 Å². The van der Waals surface area contributed by atoms with E-state index in [4.69, 9.17) is 16.3 Å². The summed E-state index contributed by atoms with van der Waals surface area (Å²) in [5.41, 5.74) is 1.52. The molecule has 5 nitrogen and oxygen atoms in total. The molecule has 0 saturated carbocycles. The van der Waals surface area contributed by atoms with Crippen LogP contribution in [0.2, 0.25) is 0 Å². The standard InChI is InChI=1S/C14H19ClN4OS/c1-9(15)12-18-11-13(16-8-17-14(11)20-2)19(12)7-10-3-5-21-6-4-10/h8-10H,3-7H2,1-2H3. The Balaban J connectivity index is 2.03. The molecule has 114 valence electrons. The summed E-state index contributed by atoms with van der Waals surface area (Å²) in [7, 11) is 1.60. The van der Waals surface area contributed by atoms with Gasteiger partial charge in [0.1, 0.15) is 12.2 Å². The van der Waals surface area contributed by atoms with Crippen LogP contribution in [0.4, 0.5) is 0 Å². The summed E-state index contributed by atoms with van der Waals surface area (Å²) in [6, 6.07) is 0. The largest absolute Gasteiger partial charge is 0.479 e. The molecule has 21 heavy (non-hydrogen) atoms. The Labute approximate surface area is 133 Å². The first-order valence-corrected chi connectivity index (χ1v) is 8.76. The molecule has 7 heteroatoms. The van der Waals surface area contributed by atoms with Crippen LogP contribution in [-0.2, 0) is 6.54 Å². The quantitative estimate of drug-likeness (QED) is 0.807. The van der Waals surface area contributed by atoms with E-state index in [9.17, 15) is 0 Å². The fourth-order valence-corrected chi connectivity index (χ4v) is 4.12. The lowest BCUT2D eigenvalue weighted by molar-refractivity contribution is 0.401. The van der Waals surface area contributed by atoms with Gasteiger partial charge in [-0.25, -0.2) is 9.97 Å². The molecule has 3 rings (SSSR count). The number of ether oxygens (including phenoxy) is 1. The second kappa shape index (κ2) is 6.40. The minimum absolute atomic E-state index is 0.165. The van der Waals surface area contributed by atoms with Crippen molar-refractivity contribution >= 4 is 34.5 Å². The zero-order valence-electron chi connectivity index (χ0n) is 12.3. The summed E-state index contributed by atoms with van der Waals surface area (Å²) in [6.07, 6.45) is 4.00. The molecule has 3 heterocycles. The summed E-state index contributed by atoms with van der Waals surface area (Å²) in [4.78, 5) is 13.2. The first-order chi connectivity index (χ1) is 10.2. The number of hydrogen-bond acceptors (Lipinski definition) is 5. The molecule has 1 fully saturated rings. The fourth-order valence-electron chi connectivity index (χ4n) is 2.75. The first-order valence-electron chi connectivity index (χ1n) is 7.17. The van der Waals surface area contributed by atoms with Crippen LogP contribution in [-0.4, -0.2) is 38.1 Å². The van der Waals surface area contributed by atoms with Gasteiger partial charge in [-0.1, -0.05) is 0 Å². The number of hydrogen-bond donors (Lipinski definition) is 0. The smallest absolute Gasteiger partial charge is 0.245 e. The van der Waals surface area contributed by atoms with Crippen LogP contribution in [0.1, 0.15) is 31.0 Å². The van der Waals surface area contributed by atoms with Crippen molar-refractivity contribution in [3.05, 3.63) is 12.2 Å². The van der Waals surface area contributed by atoms with Crippen LogP contribution >= 0.6 is 23.4 Å². The van der Waals surface area contributed by atoms with E-state index in [1.54, 1.807) is 7.11 Å². The van der Waals surface area contributed by atoms with Crippen LogP contribution in [0.5, 0.6) is 5.88 Å². The zero-order valence-corrected chi connectivity index (χ0v) is 13.8. The van der Waals surface area contributed by atoms with Crippen molar-refractivity contribution in [3.63, 3.8) is 0 Å². The zero-order chi connectivity index (χ0) is 14.8. The highest BCUT2D eigenvalue weighted by Crippen LogP contribution is 2.31. The molecule has 0 radical (unpaired) electrons. The average molecular weight is 327 g/mol. The van der Waals surface area contributed by atoms with Gasteiger partial charge in [0, 0.05) is 6.54 Å². The van der Waals surface area contributed by atoms with Gasteiger partial charge in [0.15, 0.2) is 11.2 Å². The molecular weight excluding hydrogens is 308 g/mol. The number of aromatic nitrogens is 4. The van der Waals surface area contributed by atoms with Crippen molar-refractivity contribution in [2.45, 2.75) is 31.7 Å². The lowest BCUT2D eigenvalue weighted by atomic mass is 10.0. The van der Waals surface area contributed by atoms with Gasteiger partial charge in [-0.15, -0.1) is 11.6 Å². The maximum Gasteiger partial charge on any atom is 0.245 e. The molecular formula is C14H19ClN4OS. The molecule has 0 aromatic carbocycles. The molecule has 1 aliphatic heterocycles. The Kier molecular flexibility index (Phi) is 4.54. The predicted molar refractivity (Wildman–Crippen MR) is 86.2 cm³/mol. The van der Waals surface area contributed by atoms with E-state index >= 15 is 0 Å². The fraction of sp³-hybridized carbons (Fsp3) is 0.643. The van der Waals surface area contributed by atoms with Crippen molar-refractivity contribution in [1.29, 1.82) is 0 Å². The molecule has 1 atom stereocenters. The normalized spacial score (nSPS) is 18.0. The summed E-state index contributed by atoms with van der Waals surface area (Å²) in [5.74, 6) is 4.50. The minimum atomic E-state index is -0.165. The highest BCUT2D eigenvalue weighted by atomic mass is 35.5. The molecule has 0 bridgehead atoms. The van der Waals surface area contributed by atoms with Gasteiger partial charge in [0.2, 0.25) is 5.88 Å². The molecule has 1 saturated heterocycles. The molecule has 2 aromatic heterocycles. The van der Waals surface area contributed by atoms with Gasteiger partial charge >= 0.3 is 0 Å². The third kappa shape index (κ3) is 2.97. The Morgan fingerprint density at radius 3 is 2.86 bits per heavy atom. The third-order valence-corrected chi connectivity index (χ3v) is 5.10. The van der Waals surface area contributed by atoms with E-state index < -0.39 is 0 Å². The molecule has 0 N–H and O–H groups in total. The van der Waals surface area contributed by atoms with Gasteiger partial charge in [0.05, 0.1) is 12.5 Å². The highest BCUT2D eigenvalue weighted by Gasteiger charge is 2.22. The second-order valence-electron chi connectivity index (χ2n) is 5.31. The number of thioether (sulfide) groups is 1. The number of alkyl halides is 1. The van der Waals surface area contributed by atoms with Crippen molar-refractivity contribution in [2.75, 3.05) is 18.6 Å². The number of rotatable bonds is 4. The molecule has 2 aromatic rings. The van der Waals surface area contributed by atoms with Gasteiger partial charge in [0.25, 0.3) is 0 Å². The summed E-state index contributed by atoms with van der Waals surface area (Å²) >= 11 is 8.35. The summed E-state index contributed by atoms with van der Waals surface area (Å²) < 4.78 is 7.44. The van der Waals surface area contributed by atoms with E-state index in [-0.39, 0.29) is 5.38 Å². The molecule has 1 aliphatic rings. The molecule has 0 spiro atoms. The highest BCUT2D eigenvalue weighted by molar-refractivity contribution is 7.99. The van der Waals surface area contributed by atoms with Crippen LogP contribution in [0.3, 0.4) is 0 Å². The predicted octanol–water partition coefficient (Wildman–Crippen LogP) is 3.28. The van der Waals surface area contributed by atoms with E-state index in [1.807, 2.05) is 18.7 Å². The average Bonchev–Trinajstić information content (AvgIpc) is 2.87. The third-order valence-electron chi connectivity index (χ3n) is 3.86. The van der Waals surface area contributed by atoms with E-state index in [2.05, 4.69) is 19.5 Å². The maximum atomic E-state index is 6.32. The molecule has 0 amide bonds. The Morgan fingerprint density at radius 1 is 1.43 bits per heavy atom. The topological polar surface area (TPSA) is 52.8 Å². The van der Waals surface area contributed by atoms with E-state index in [0.29, 0.717) is 17.3 Å². The van der Waals surface area contributed by atoms with E-state index in [1.165, 1.54) is 30.7 Å². The molecule has 1 unspecified atom stereocenters. The van der Waals surface area contributed by atoms with Crippen LogP contribution in [0.25, 0.3) is 11.2 Å². The van der Waals surface area contributed by atoms with Gasteiger partial charge < -0.3 is 9.30 Å². The van der Waals surface area contributed by atoms with Crippen LogP contribution < -0.4 is 4.74 Å². The molecule has 0 aliphatic carbocycles. The lowest BCUT2D eigenvalue weighted by Gasteiger charge is -2.23. The van der Waals surface area contributed by atoms with Crippen molar-refractivity contribution in [3.8, 4) is 5.88 Å². The van der Waals surface area contributed by atoms with Crippen LogP contribution in [0.15, 0.2) is 6.33 Å². The van der Waals surface area contributed by atoms with Gasteiger partial charge in [-0.05, 0) is 37.2 Å². The number of imidazole rings is 1. The monoisotopic (exact) mass is 326 g/mol. The number of halogens is 1. The Morgan fingerprint density at radius 2 is 2.19 bits per heavy atom. The Bertz CT molecular complexity index is 625. The van der Waals surface area contributed by atoms with Crippen LogP contribution in [0, 0.1) is 5.92 Å². The summed E-state index contributed by atoms with van der Waals surface area (Å²) in [6.45, 7) is 2.86. The second-order valence-corrected chi connectivity index (χ2v) is 7.19. The van der Waals surface area contributed by atoms with Crippen molar-refractivity contribution in [2.24, 2.45) is 5.92 Å². The van der Waals surface area contributed by atoms with Crippen molar-refractivity contribution < 1.29 is 4.74 Å². The first kappa shape index (κ1) is 14.9. The SMILES string of the molecule is COc1ncnc2c1nc(C(C)Cl)n2CC1CCSCC1. The van der Waals surface area contributed by atoms with Crippen molar-refractivity contribution in [1.82, 2.24) is 19.5 Å². The Hall–Kier alpha value is -1.01. The maximum absolute atomic E-state index is 6.32. The minimum Gasteiger partial charge on any atom is -0.479 e. The van der Waals surface area contributed by atoms with Gasteiger partial charge in [-0.3, -0.25) is 0 Å². The lowest BCUT2D eigenvalue weighted by Crippen LogP contribution is -2.18. The van der Waals surface area contributed by atoms with Gasteiger partial charge in [-0.2, -0.15) is 16.7 Å². The summed E-state index contributed by atoms with van der Waals surface area (Å²) in [5, 5.41) is -0.165. The number of nitrogens with zero attached hydrogens (tertiary/aromatic N) is 4. The number of methoxy groups -OCH3 is 1. The number of fused-ring (bicyclic) bond motifs is 1.